The van der Waals surface area contributed by atoms with Crippen molar-refractivity contribution in [1.29, 1.82) is 0 Å². The molecule has 4 atom stereocenters. The molecule has 0 aromatic heterocycles. The van der Waals surface area contributed by atoms with Crippen LogP contribution in [0.3, 0.4) is 0 Å². The van der Waals surface area contributed by atoms with Gasteiger partial charge in [-0.15, -0.1) is 0 Å². The van der Waals surface area contributed by atoms with Gasteiger partial charge in [0.25, 0.3) is 10.1 Å². The molecule has 0 saturated carbocycles. The smallest absolute Gasteiger partial charge is 0.261 e. The predicted octanol–water partition coefficient (Wildman–Crippen LogP) is 7.88. The largest absolute Gasteiger partial charge is 0.378 e. The first-order valence-corrected chi connectivity index (χ1v) is 17.0. The predicted molar refractivity (Wildman–Crippen MR) is 149 cm³/mol. The molecule has 0 amide bonds. The van der Waals surface area contributed by atoms with Gasteiger partial charge in [-0.1, -0.05) is 90.9 Å². The topological polar surface area (TPSA) is 82.1 Å². The van der Waals surface area contributed by atoms with Crippen molar-refractivity contribution in [2.75, 3.05) is 19.5 Å². The quantitative estimate of drug-likeness (QED) is 0.112. The number of rotatable bonds is 22. The molecule has 2 rings (SSSR count). The van der Waals surface area contributed by atoms with Crippen LogP contribution in [0.4, 0.5) is 0 Å². The Balaban J connectivity index is 0.00000118. The number of hydrogen-bond donors (Lipinski definition) is 1. The lowest BCUT2D eigenvalue weighted by Crippen LogP contribution is -2.31. The van der Waals surface area contributed by atoms with E-state index in [0.717, 1.165) is 13.2 Å². The zero-order valence-electron chi connectivity index (χ0n) is 23.8. The molecule has 7 heteroatoms. The molecular weight excluding hydrogens is 476 g/mol. The highest BCUT2D eigenvalue weighted by atomic mass is 32.2. The maximum Gasteiger partial charge on any atom is 0.261 e. The average Bonchev–Trinajstić information content (AvgIpc) is 2.74. The fourth-order valence-electron chi connectivity index (χ4n) is 4.91. The van der Waals surface area contributed by atoms with E-state index in [9.17, 15) is 8.42 Å². The summed E-state index contributed by atoms with van der Waals surface area (Å²) in [5, 5.41) is 0. The highest BCUT2D eigenvalue weighted by Crippen LogP contribution is 2.26. The summed E-state index contributed by atoms with van der Waals surface area (Å²) in [6, 6.07) is 0. The summed E-state index contributed by atoms with van der Waals surface area (Å²) < 4.78 is 44.1. The highest BCUT2D eigenvalue weighted by Gasteiger charge is 2.24. The zero-order valence-corrected chi connectivity index (χ0v) is 24.6. The van der Waals surface area contributed by atoms with E-state index >= 15 is 0 Å². The molecule has 216 valence electrons. The van der Waals surface area contributed by atoms with E-state index in [1.54, 1.807) is 0 Å². The van der Waals surface area contributed by atoms with E-state index in [1.807, 2.05) is 0 Å². The lowest BCUT2D eigenvalue weighted by Gasteiger charge is -2.32. The summed E-state index contributed by atoms with van der Waals surface area (Å²) in [5.41, 5.74) is 0. The molecule has 0 aliphatic carbocycles. The molecule has 1 N–H and O–H groups in total. The average molecular weight is 535 g/mol. The number of ether oxygens (including phenoxy) is 3. The van der Waals surface area contributed by atoms with Crippen LogP contribution in [0.25, 0.3) is 0 Å². The first kappa shape index (κ1) is 33.8. The van der Waals surface area contributed by atoms with Gasteiger partial charge in [0.1, 0.15) is 0 Å². The Morgan fingerprint density at radius 3 is 1.33 bits per heavy atom. The van der Waals surface area contributed by atoms with Crippen molar-refractivity contribution in [3.05, 3.63) is 0 Å². The molecule has 2 heterocycles. The molecule has 2 aliphatic rings. The molecule has 0 bridgehead atoms. The van der Waals surface area contributed by atoms with Crippen LogP contribution in [0.1, 0.15) is 142 Å². The van der Waals surface area contributed by atoms with Gasteiger partial charge < -0.3 is 14.2 Å². The van der Waals surface area contributed by atoms with Gasteiger partial charge in [0.05, 0.1) is 30.7 Å². The van der Waals surface area contributed by atoms with Crippen LogP contribution in [0, 0.1) is 0 Å². The molecule has 2 aliphatic heterocycles. The second-order valence-electron chi connectivity index (χ2n) is 10.9. The maximum atomic E-state index is 9.19. The van der Waals surface area contributed by atoms with Crippen LogP contribution in [-0.2, 0) is 24.3 Å². The van der Waals surface area contributed by atoms with Gasteiger partial charge >= 0.3 is 0 Å². The van der Waals surface area contributed by atoms with E-state index in [4.69, 9.17) is 18.8 Å². The summed E-state index contributed by atoms with van der Waals surface area (Å²) in [5.74, 6) is 0. The Bertz CT molecular complexity index is 545. The molecular formula is C29H58O6S. The van der Waals surface area contributed by atoms with Crippen molar-refractivity contribution >= 4 is 10.1 Å². The van der Waals surface area contributed by atoms with Gasteiger partial charge in [0.2, 0.25) is 0 Å². The molecule has 0 aromatic rings. The first-order valence-electron chi connectivity index (χ1n) is 15.1. The minimum atomic E-state index is -3.67. The summed E-state index contributed by atoms with van der Waals surface area (Å²) in [6.07, 6.45) is 28.8. The monoisotopic (exact) mass is 534 g/mol. The molecule has 2 fully saturated rings. The van der Waals surface area contributed by atoms with Gasteiger partial charge in [-0.25, -0.2) is 0 Å². The molecule has 2 saturated heterocycles. The summed E-state index contributed by atoms with van der Waals surface area (Å²) >= 11 is 0. The highest BCUT2D eigenvalue weighted by molar-refractivity contribution is 7.85. The van der Waals surface area contributed by atoms with Crippen molar-refractivity contribution in [3.63, 3.8) is 0 Å². The second kappa shape index (κ2) is 21.7. The molecule has 0 aromatic carbocycles. The molecule has 0 radical (unpaired) electrons. The molecule has 4 unspecified atom stereocenters. The third-order valence-electron chi connectivity index (χ3n) is 7.35. The Kier molecular flexibility index (Phi) is 20.4. The van der Waals surface area contributed by atoms with Crippen LogP contribution in [-0.4, -0.2) is 56.9 Å². The van der Waals surface area contributed by atoms with Crippen LogP contribution in [0.15, 0.2) is 0 Å². The zero-order chi connectivity index (χ0) is 26.5. The number of unbranched alkanes of at least 4 members (excludes halogenated alkanes) is 10. The summed E-state index contributed by atoms with van der Waals surface area (Å²) in [6.45, 7) is 6.53. The van der Waals surface area contributed by atoms with Crippen molar-refractivity contribution in [1.82, 2.24) is 0 Å². The lowest BCUT2D eigenvalue weighted by atomic mass is 9.98. The summed E-state index contributed by atoms with van der Waals surface area (Å²) in [7, 11) is -3.67. The standard InChI is InChI=1S/C28H54O3.CH4O3S/c1-3-5-7-9-11-13-15-27(19-17-25-21-23-29-25)31-28(20-18-26-22-24-30-26)16-14-12-10-8-6-4-2;1-5(2,3)4/h25-28H,3-24H2,1-2H3;1H3,(H,2,3,4). The van der Waals surface area contributed by atoms with E-state index in [1.165, 1.54) is 128 Å². The van der Waals surface area contributed by atoms with Gasteiger partial charge in [0.15, 0.2) is 0 Å². The Hall–Kier alpha value is -0.210. The summed E-state index contributed by atoms with van der Waals surface area (Å²) in [4.78, 5) is 0. The van der Waals surface area contributed by atoms with Gasteiger partial charge in [-0.05, 0) is 51.4 Å². The fraction of sp³-hybridized carbons (Fsp3) is 1.00. The fourth-order valence-corrected chi connectivity index (χ4v) is 4.91. The van der Waals surface area contributed by atoms with Crippen LogP contribution < -0.4 is 0 Å². The van der Waals surface area contributed by atoms with E-state index in [-0.39, 0.29) is 0 Å². The van der Waals surface area contributed by atoms with Crippen LogP contribution in [0.2, 0.25) is 0 Å². The third-order valence-corrected chi connectivity index (χ3v) is 7.35. The molecule has 36 heavy (non-hydrogen) atoms. The van der Waals surface area contributed by atoms with Crippen molar-refractivity contribution < 1.29 is 27.2 Å². The van der Waals surface area contributed by atoms with Crippen molar-refractivity contribution in [2.24, 2.45) is 0 Å². The third kappa shape index (κ3) is 20.8. The van der Waals surface area contributed by atoms with Gasteiger partial charge in [-0.2, -0.15) is 8.42 Å². The van der Waals surface area contributed by atoms with Crippen molar-refractivity contribution in [2.45, 2.75) is 167 Å². The lowest BCUT2D eigenvalue weighted by molar-refractivity contribution is -0.0860. The second-order valence-corrected chi connectivity index (χ2v) is 12.4. The molecule has 0 spiro atoms. The van der Waals surface area contributed by atoms with Gasteiger partial charge in [0, 0.05) is 13.2 Å². The maximum absolute atomic E-state index is 9.19. The van der Waals surface area contributed by atoms with E-state index in [0.29, 0.717) is 30.7 Å². The minimum Gasteiger partial charge on any atom is -0.378 e. The van der Waals surface area contributed by atoms with Crippen LogP contribution in [0.5, 0.6) is 0 Å². The Labute approximate surface area is 223 Å². The number of hydrogen-bond acceptors (Lipinski definition) is 5. The Morgan fingerprint density at radius 2 is 1.03 bits per heavy atom. The minimum absolute atomic E-state index is 0.433. The van der Waals surface area contributed by atoms with E-state index in [2.05, 4.69) is 13.8 Å². The Morgan fingerprint density at radius 1 is 0.694 bits per heavy atom. The molecule has 6 nitrogen and oxygen atoms in total. The van der Waals surface area contributed by atoms with Gasteiger partial charge in [-0.3, -0.25) is 4.55 Å². The SMILES string of the molecule is CCCCCCCCC(CCC1CCO1)OC(CCCCCCCC)CCC1CCO1.CS(=O)(=O)O. The van der Waals surface area contributed by atoms with Crippen molar-refractivity contribution in [3.8, 4) is 0 Å². The normalized spacial score (nSPS) is 21.1. The van der Waals surface area contributed by atoms with E-state index < -0.39 is 10.1 Å². The van der Waals surface area contributed by atoms with Crippen LogP contribution >= 0.6 is 0 Å². The first-order chi connectivity index (χ1) is 17.3.